The highest BCUT2D eigenvalue weighted by atomic mass is 32.2. The maximum Gasteiger partial charge on any atom is 0.247 e. The fourth-order valence-corrected chi connectivity index (χ4v) is 4.37. The molecule has 31 heavy (non-hydrogen) atoms. The quantitative estimate of drug-likeness (QED) is 0.732. The van der Waals surface area contributed by atoms with E-state index >= 15 is 0 Å². The van der Waals surface area contributed by atoms with E-state index in [1.807, 2.05) is 31.2 Å². The third-order valence-corrected chi connectivity index (χ3v) is 6.67. The molecule has 0 radical (unpaired) electrons. The van der Waals surface area contributed by atoms with E-state index in [1.54, 1.807) is 6.92 Å². The molecule has 9 heteroatoms. The monoisotopic (exact) mass is 447 g/mol. The van der Waals surface area contributed by atoms with E-state index in [-0.39, 0.29) is 26.2 Å². The van der Waals surface area contributed by atoms with E-state index in [2.05, 4.69) is 5.32 Å². The molecule has 1 aliphatic heterocycles. The predicted octanol–water partition coefficient (Wildman–Crippen LogP) is 1.81. The Morgan fingerprint density at radius 3 is 2.26 bits per heavy atom. The number of carbonyl (C=O) groups excluding carboxylic acids is 2. The van der Waals surface area contributed by atoms with Gasteiger partial charge in [0.05, 0.1) is 12.8 Å². The Kier molecular flexibility index (Phi) is 6.47. The van der Waals surface area contributed by atoms with Gasteiger partial charge in [0, 0.05) is 19.6 Å². The van der Waals surface area contributed by atoms with Crippen LogP contribution in [0.25, 0.3) is 0 Å². The molecule has 166 valence electrons. The Bertz CT molecular complexity index is 1070. The molecule has 1 aliphatic rings. The van der Waals surface area contributed by atoms with Crippen molar-refractivity contribution in [1.82, 2.24) is 14.5 Å². The van der Waals surface area contributed by atoms with Crippen LogP contribution in [0.1, 0.15) is 23.6 Å². The van der Waals surface area contributed by atoms with Gasteiger partial charge in [-0.25, -0.2) is 12.8 Å². The fourth-order valence-electron chi connectivity index (χ4n) is 3.54. The lowest BCUT2D eigenvalue weighted by Gasteiger charge is -2.46. The van der Waals surface area contributed by atoms with Crippen molar-refractivity contribution < 1.29 is 22.4 Å². The normalized spacial score (nSPS) is 20.0. The predicted molar refractivity (Wildman–Crippen MR) is 115 cm³/mol. The van der Waals surface area contributed by atoms with Crippen molar-refractivity contribution in [2.45, 2.75) is 32.5 Å². The standard InChI is InChI=1S/C22H26FN3O4S/c1-16-4-6-17(7-5-16)12-24-21(28)22(2)15-25(31(3,29)30)14-20(27)26(22)13-18-8-10-19(23)11-9-18/h4-11H,12-15H2,1-3H3,(H,24,28)/t22-/m1/s1. The zero-order valence-electron chi connectivity index (χ0n) is 17.8. The summed E-state index contributed by atoms with van der Waals surface area (Å²) in [6.45, 7) is 3.30. The highest BCUT2D eigenvalue weighted by Gasteiger charge is 2.49. The molecular weight excluding hydrogens is 421 g/mol. The molecule has 0 bridgehead atoms. The number of nitrogens with one attached hydrogen (secondary N) is 1. The van der Waals surface area contributed by atoms with E-state index in [0.717, 1.165) is 21.7 Å². The van der Waals surface area contributed by atoms with E-state index in [4.69, 9.17) is 0 Å². The van der Waals surface area contributed by atoms with Crippen LogP contribution in [0.15, 0.2) is 48.5 Å². The van der Waals surface area contributed by atoms with Gasteiger partial charge in [-0.2, -0.15) is 4.31 Å². The first kappa shape index (κ1) is 22.9. The smallest absolute Gasteiger partial charge is 0.247 e. The summed E-state index contributed by atoms with van der Waals surface area (Å²) in [7, 11) is -3.68. The summed E-state index contributed by atoms with van der Waals surface area (Å²) in [4.78, 5) is 27.5. The molecule has 0 spiro atoms. The Hall–Kier alpha value is -2.78. The zero-order valence-corrected chi connectivity index (χ0v) is 18.6. The number of piperazine rings is 1. The molecule has 0 aromatic heterocycles. The Labute approximate surface area is 181 Å². The maximum atomic E-state index is 13.3. The summed E-state index contributed by atoms with van der Waals surface area (Å²) >= 11 is 0. The molecule has 1 heterocycles. The van der Waals surface area contributed by atoms with E-state index in [1.165, 1.54) is 29.2 Å². The summed E-state index contributed by atoms with van der Waals surface area (Å²) in [5.41, 5.74) is 1.18. The molecular formula is C22H26FN3O4S. The SMILES string of the molecule is Cc1ccc(CNC(=O)[C@@]2(C)CN(S(C)(=O)=O)CC(=O)N2Cc2ccc(F)cc2)cc1. The second-order valence-corrected chi connectivity index (χ2v) is 10.1. The van der Waals surface area contributed by atoms with Crippen LogP contribution in [0, 0.1) is 12.7 Å². The Morgan fingerprint density at radius 1 is 1.10 bits per heavy atom. The highest BCUT2D eigenvalue weighted by Crippen LogP contribution is 2.27. The van der Waals surface area contributed by atoms with Crippen LogP contribution in [-0.2, 0) is 32.7 Å². The van der Waals surface area contributed by atoms with Gasteiger partial charge in [0.2, 0.25) is 21.8 Å². The zero-order chi connectivity index (χ0) is 22.8. The van der Waals surface area contributed by atoms with Gasteiger partial charge in [-0.3, -0.25) is 9.59 Å². The van der Waals surface area contributed by atoms with Crippen molar-refractivity contribution in [3.8, 4) is 0 Å². The van der Waals surface area contributed by atoms with Crippen LogP contribution < -0.4 is 5.32 Å². The Morgan fingerprint density at radius 2 is 1.68 bits per heavy atom. The number of carbonyl (C=O) groups is 2. The summed E-state index contributed by atoms with van der Waals surface area (Å²) in [6.07, 6.45) is 1.01. The van der Waals surface area contributed by atoms with Crippen molar-refractivity contribution in [2.75, 3.05) is 19.3 Å². The molecule has 1 atom stereocenters. The van der Waals surface area contributed by atoms with Gasteiger partial charge in [-0.05, 0) is 37.1 Å². The Balaban J connectivity index is 1.87. The number of aryl methyl sites for hydroxylation is 1. The summed E-state index contributed by atoms with van der Waals surface area (Å²) in [5.74, 6) is -1.36. The molecule has 0 saturated carbocycles. The first-order valence-corrected chi connectivity index (χ1v) is 11.7. The maximum absolute atomic E-state index is 13.3. The largest absolute Gasteiger partial charge is 0.350 e. The third-order valence-electron chi connectivity index (χ3n) is 5.48. The van der Waals surface area contributed by atoms with E-state index in [9.17, 15) is 22.4 Å². The molecule has 2 aromatic carbocycles. The second-order valence-electron chi connectivity index (χ2n) is 8.08. The lowest BCUT2D eigenvalue weighted by Crippen LogP contribution is -2.69. The third kappa shape index (κ3) is 5.29. The minimum absolute atomic E-state index is 0.0607. The number of hydrogen-bond acceptors (Lipinski definition) is 4. The van der Waals surface area contributed by atoms with Crippen LogP contribution in [0.4, 0.5) is 4.39 Å². The average molecular weight is 448 g/mol. The van der Waals surface area contributed by atoms with Crippen LogP contribution in [-0.4, -0.2) is 54.3 Å². The number of hydrogen-bond donors (Lipinski definition) is 1. The first-order chi connectivity index (χ1) is 14.5. The minimum atomic E-state index is -3.68. The molecule has 0 unspecified atom stereocenters. The van der Waals surface area contributed by atoms with Gasteiger partial charge in [0.15, 0.2) is 0 Å². The summed E-state index contributed by atoms with van der Waals surface area (Å²) < 4.78 is 38.6. The van der Waals surface area contributed by atoms with Crippen molar-refractivity contribution in [2.24, 2.45) is 0 Å². The molecule has 0 aliphatic carbocycles. The molecule has 3 rings (SSSR count). The van der Waals surface area contributed by atoms with Crippen molar-refractivity contribution in [1.29, 1.82) is 0 Å². The van der Waals surface area contributed by atoms with Crippen molar-refractivity contribution in [3.05, 3.63) is 71.0 Å². The number of benzene rings is 2. The highest BCUT2D eigenvalue weighted by molar-refractivity contribution is 7.88. The average Bonchev–Trinajstić information content (AvgIpc) is 2.70. The van der Waals surface area contributed by atoms with Crippen LogP contribution in [0.3, 0.4) is 0 Å². The van der Waals surface area contributed by atoms with Gasteiger partial charge in [0.1, 0.15) is 11.4 Å². The molecule has 1 fully saturated rings. The summed E-state index contributed by atoms with van der Waals surface area (Å²) in [5, 5.41) is 2.83. The molecule has 1 N–H and O–H groups in total. The molecule has 2 amide bonds. The molecule has 2 aromatic rings. The van der Waals surface area contributed by atoms with E-state index < -0.39 is 33.2 Å². The lowest BCUT2D eigenvalue weighted by molar-refractivity contribution is -0.153. The minimum Gasteiger partial charge on any atom is -0.350 e. The van der Waals surface area contributed by atoms with Crippen molar-refractivity contribution in [3.63, 3.8) is 0 Å². The van der Waals surface area contributed by atoms with Crippen LogP contribution >= 0.6 is 0 Å². The summed E-state index contributed by atoms with van der Waals surface area (Å²) in [6, 6.07) is 13.3. The van der Waals surface area contributed by atoms with Crippen LogP contribution in [0.2, 0.25) is 0 Å². The number of amides is 2. The lowest BCUT2D eigenvalue weighted by atomic mass is 9.94. The van der Waals surface area contributed by atoms with Crippen molar-refractivity contribution >= 4 is 21.8 Å². The van der Waals surface area contributed by atoms with Gasteiger partial charge < -0.3 is 10.2 Å². The number of halogens is 1. The topological polar surface area (TPSA) is 86.8 Å². The first-order valence-electron chi connectivity index (χ1n) is 9.83. The van der Waals surface area contributed by atoms with Gasteiger partial charge in [-0.15, -0.1) is 0 Å². The number of nitrogens with zero attached hydrogens (tertiary/aromatic N) is 2. The fraction of sp³-hybridized carbons (Fsp3) is 0.364. The number of sulfonamides is 1. The van der Waals surface area contributed by atoms with E-state index in [0.29, 0.717) is 5.56 Å². The second kappa shape index (κ2) is 8.76. The molecule has 1 saturated heterocycles. The van der Waals surface area contributed by atoms with Gasteiger partial charge in [0.25, 0.3) is 0 Å². The van der Waals surface area contributed by atoms with Gasteiger partial charge in [-0.1, -0.05) is 42.0 Å². The van der Waals surface area contributed by atoms with Gasteiger partial charge >= 0.3 is 0 Å². The number of rotatable bonds is 6. The molecule has 7 nitrogen and oxygen atoms in total. The van der Waals surface area contributed by atoms with Crippen LogP contribution in [0.5, 0.6) is 0 Å².